The average molecular weight is 294 g/mol. The molecule has 0 heterocycles. The van der Waals surface area contributed by atoms with E-state index in [4.69, 9.17) is 0 Å². The second-order valence-electron chi connectivity index (χ2n) is 3.45. The summed E-state index contributed by atoms with van der Waals surface area (Å²) in [5.74, 6) is -11.4. The predicted octanol–water partition coefficient (Wildman–Crippen LogP) is 2.60. The van der Waals surface area contributed by atoms with Gasteiger partial charge in [-0.3, -0.25) is 0 Å². The lowest BCUT2D eigenvalue weighted by molar-refractivity contribution is 0.0466. The van der Waals surface area contributed by atoms with E-state index in [9.17, 15) is 27.2 Å². The minimum atomic E-state index is -2.21. The number of benzene rings is 1. The van der Waals surface area contributed by atoms with E-state index < -0.39 is 46.3 Å². The summed E-state index contributed by atoms with van der Waals surface area (Å²) in [5, 5.41) is 0. The van der Waals surface area contributed by atoms with E-state index in [1.807, 2.05) is 0 Å². The van der Waals surface area contributed by atoms with Crippen LogP contribution in [0.4, 0.5) is 17.6 Å². The summed E-state index contributed by atoms with van der Waals surface area (Å²) < 4.78 is 62.2. The van der Waals surface area contributed by atoms with Crippen molar-refractivity contribution in [1.29, 1.82) is 0 Å². The molecular weight excluding hydrogens is 284 g/mol. The first kappa shape index (κ1) is 15.9. The monoisotopic (exact) mass is 294 g/mol. The largest absolute Gasteiger partial charge is 0.462 e. The second kappa shape index (κ2) is 6.36. The number of hydrogen-bond acceptors (Lipinski definition) is 4. The molecule has 0 fully saturated rings. The standard InChI is InChI=1S/C12H10F4O4/c1-3-19-11(17)5-6(12(18)20-4-2)8(14)10(16)9(15)7(5)13/h3-4H2,1-2H3. The molecule has 0 bridgehead atoms. The van der Waals surface area contributed by atoms with E-state index in [0.717, 1.165) is 0 Å². The Morgan fingerprint density at radius 1 is 0.750 bits per heavy atom. The summed E-state index contributed by atoms with van der Waals surface area (Å²) >= 11 is 0. The lowest BCUT2D eigenvalue weighted by Crippen LogP contribution is -2.21. The number of carbonyl (C=O) groups excluding carboxylic acids is 2. The van der Waals surface area contributed by atoms with Gasteiger partial charge in [0.15, 0.2) is 23.3 Å². The highest BCUT2D eigenvalue weighted by Crippen LogP contribution is 2.25. The van der Waals surface area contributed by atoms with Gasteiger partial charge < -0.3 is 9.47 Å². The van der Waals surface area contributed by atoms with Gasteiger partial charge in [-0.15, -0.1) is 0 Å². The number of rotatable bonds is 4. The van der Waals surface area contributed by atoms with Gasteiger partial charge in [-0.2, -0.15) is 0 Å². The van der Waals surface area contributed by atoms with E-state index in [-0.39, 0.29) is 13.2 Å². The third-order valence-corrected chi connectivity index (χ3v) is 2.23. The summed E-state index contributed by atoms with van der Waals surface area (Å²) in [6.07, 6.45) is 0. The van der Waals surface area contributed by atoms with Gasteiger partial charge in [-0.25, -0.2) is 27.2 Å². The number of ether oxygens (including phenoxy) is 2. The van der Waals surface area contributed by atoms with Crippen molar-refractivity contribution in [3.63, 3.8) is 0 Å². The van der Waals surface area contributed by atoms with Crippen molar-refractivity contribution in [3.05, 3.63) is 34.4 Å². The molecule has 0 aliphatic carbocycles. The molecule has 0 amide bonds. The number of carbonyl (C=O) groups is 2. The SMILES string of the molecule is CCOC(=O)c1c(F)c(F)c(F)c(F)c1C(=O)OCC. The third-order valence-electron chi connectivity index (χ3n) is 2.23. The molecule has 0 atom stereocenters. The second-order valence-corrected chi connectivity index (χ2v) is 3.45. The summed E-state index contributed by atoms with van der Waals surface area (Å²) in [6, 6.07) is 0. The first-order valence-corrected chi connectivity index (χ1v) is 5.56. The number of esters is 2. The van der Waals surface area contributed by atoms with Gasteiger partial charge in [-0.1, -0.05) is 0 Å². The molecule has 0 saturated carbocycles. The fraction of sp³-hybridized carbons (Fsp3) is 0.333. The molecule has 20 heavy (non-hydrogen) atoms. The van der Waals surface area contributed by atoms with Crippen LogP contribution in [-0.2, 0) is 9.47 Å². The Balaban J connectivity index is 3.60. The Hall–Kier alpha value is -2.12. The maximum absolute atomic E-state index is 13.6. The Kier molecular flexibility index (Phi) is 5.06. The molecule has 1 aromatic carbocycles. The molecule has 0 spiro atoms. The molecule has 0 aromatic heterocycles. The van der Waals surface area contributed by atoms with Gasteiger partial charge in [0, 0.05) is 0 Å². The van der Waals surface area contributed by atoms with E-state index in [0.29, 0.717) is 0 Å². The topological polar surface area (TPSA) is 52.6 Å². The van der Waals surface area contributed by atoms with Crippen LogP contribution >= 0.6 is 0 Å². The van der Waals surface area contributed by atoms with Crippen molar-refractivity contribution in [2.75, 3.05) is 13.2 Å². The maximum atomic E-state index is 13.6. The molecule has 8 heteroatoms. The Bertz CT molecular complexity index is 508. The van der Waals surface area contributed by atoms with Crippen LogP contribution in [0, 0.1) is 23.3 Å². The van der Waals surface area contributed by atoms with Crippen LogP contribution in [-0.4, -0.2) is 25.2 Å². The Morgan fingerprint density at radius 3 is 1.30 bits per heavy atom. The van der Waals surface area contributed by atoms with Crippen LogP contribution in [0.5, 0.6) is 0 Å². The smallest absolute Gasteiger partial charge is 0.342 e. The first-order valence-electron chi connectivity index (χ1n) is 5.56. The van der Waals surface area contributed by atoms with Gasteiger partial charge in [0.25, 0.3) is 0 Å². The maximum Gasteiger partial charge on any atom is 0.342 e. The van der Waals surface area contributed by atoms with Crippen molar-refractivity contribution in [2.45, 2.75) is 13.8 Å². The highest BCUT2D eigenvalue weighted by atomic mass is 19.2. The van der Waals surface area contributed by atoms with Crippen LogP contribution in [0.1, 0.15) is 34.6 Å². The molecule has 0 aliphatic heterocycles. The average Bonchev–Trinajstić information content (AvgIpc) is 2.40. The zero-order chi connectivity index (χ0) is 15.4. The highest BCUT2D eigenvalue weighted by Gasteiger charge is 2.34. The number of halogens is 4. The van der Waals surface area contributed by atoms with Crippen molar-refractivity contribution in [2.24, 2.45) is 0 Å². The fourth-order valence-electron chi connectivity index (χ4n) is 1.42. The molecule has 0 saturated heterocycles. The first-order chi connectivity index (χ1) is 9.36. The normalized spacial score (nSPS) is 10.3. The number of hydrogen-bond donors (Lipinski definition) is 0. The summed E-state index contributed by atoms with van der Waals surface area (Å²) in [6.45, 7) is 2.24. The molecule has 0 aliphatic rings. The van der Waals surface area contributed by atoms with Crippen LogP contribution in [0.25, 0.3) is 0 Å². The van der Waals surface area contributed by atoms with Gasteiger partial charge in [0.2, 0.25) is 0 Å². The minimum Gasteiger partial charge on any atom is -0.462 e. The highest BCUT2D eigenvalue weighted by molar-refractivity contribution is 6.03. The van der Waals surface area contributed by atoms with Crippen LogP contribution in [0.2, 0.25) is 0 Å². The summed E-state index contributed by atoms with van der Waals surface area (Å²) in [7, 11) is 0. The van der Waals surface area contributed by atoms with Crippen molar-refractivity contribution >= 4 is 11.9 Å². The molecule has 4 nitrogen and oxygen atoms in total. The molecule has 0 N–H and O–H groups in total. The molecule has 110 valence electrons. The van der Waals surface area contributed by atoms with E-state index in [2.05, 4.69) is 9.47 Å². The van der Waals surface area contributed by atoms with Crippen LogP contribution in [0.3, 0.4) is 0 Å². The van der Waals surface area contributed by atoms with Crippen LogP contribution in [0.15, 0.2) is 0 Å². The van der Waals surface area contributed by atoms with Crippen LogP contribution < -0.4 is 0 Å². The molecular formula is C12H10F4O4. The van der Waals surface area contributed by atoms with Gasteiger partial charge in [0.05, 0.1) is 13.2 Å². The fourth-order valence-corrected chi connectivity index (χ4v) is 1.42. The van der Waals surface area contributed by atoms with Crippen molar-refractivity contribution in [3.8, 4) is 0 Å². The zero-order valence-corrected chi connectivity index (χ0v) is 10.6. The van der Waals surface area contributed by atoms with Crippen molar-refractivity contribution in [1.82, 2.24) is 0 Å². The lowest BCUT2D eigenvalue weighted by Gasteiger charge is -2.11. The van der Waals surface area contributed by atoms with E-state index >= 15 is 0 Å². The van der Waals surface area contributed by atoms with E-state index in [1.54, 1.807) is 0 Å². The van der Waals surface area contributed by atoms with Gasteiger partial charge in [0.1, 0.15) is 11.1 Å². The quantitative estimate of drug-likeness (QED) is 0.371. The molecule has 0 unspecified atom stereocenters. The predicted molar refractivity (Wildman–Crippen MR) is 58.2 cm³/mol. The van der Waals surface area contributed by atoms with E-state index in [1.165, 1.54) is 13.8 Å². The van der Waals surface area contributed by atoms with Crippen molar-refractivity contribution < 1.29 is 36.6 Å². The molecule has 1 aromatic rings. The summed E-state index contributed by atoms with van der Waals surface area (Å²) in [4.78, 5) is 23.0. The zero-order valence-electron chi connectivity index (χ0n) is 10.6. The Labute approximate surface area is 111 Å². The summed E-state index contributed by atoms with van der Waals surface area (Å²) in [5.41, 5.74) is -2.66. The van der Waals surface area contributed by atoms with Gasteiger partial charge >= 0.3 is 11.9 Å². The van der Waals surface area contributed by atoms with Gasteiger partial charge in [-0.05, 0) is 13.8 Å². The Morgan fingerprint density at radius 2 is 1.05 bits per heavy atom. The third kappa shape index (κ3) is 2.73. The minimum absolute atomic E-state index is 0.235. The lowest BCUT2D eigenvalue weighted by atomic mass is 10.1. The molecule has 1 rings (SSSR count). The molecule has 0 radical (unpaired) electrons.